The first kappa shape index (κ1) is 13.0. The van der Waals surface area contributed by atoms with Crippen molar-refractivity contribution in [3.8, 4) is 5.88 Å². The third kappa shape index (κ3) is 2.67. The van der Waals surface area contributed by atoms with Crippen molar-refractivity contribution in [3.63, 3.8) is 0 Å². The summed E-state index contributed by atoms with van der Waals surface area (Å²) in [6.07, 6.45) is 3.43. The number of hydrogen-bond acceptors (Lipinski definition) is 5. The Bertz CT molecular complexity index is 400. The molecule has 0 radical (unpaired) electrons. The summed E-state index contributed by atoms with van der Waals surface area (Å²) in [5, 5.41) is 3.29. The maximum Gasteiger partial charge on any atom is 0.239 e. The quantitative estimate of drug-likeness (QED) is 0.809. The van der Waals surface area contributed by atoms with Crippen LogP contribution in [0.4, 0.5) is 11.5 Å². The highest BCUT2D eigenvalue weighted by Gasteiger charge is 2.36. The Morgan fingerprint density at radius 2 is 2.22 bits per heavy atom. The van der Waals surface area contributed by atoms with Crippen molar-refractivity contribution in [3.05, 3.63) is 12.1 Å². The van der Waals surface area contributed by atoms with E-state index in [-0.39, 0.29) is 5.60 Å². The van der Waals surface area contributed by atoms with Crippen LogP contribution in [0.1, 0.15) is 26.2 Å². The summed E-state index contributed by atoms with van der Waals surface area (Å²) in [6.45, 7) is 3.24. The van der Waals surface area contributed by atoms with Gasteiger partial charge in [-0.25, -0.2) is 0 Å². The second-order valence-corrected chi connectivity index (χ2v) is 4.62. The maximum atomic E-state index is 5.78. The summed E-state index contributed by atoms with van der Waals surface area (Å²) in [6, 6.07) is 3.67. The smallest absolute Gasteiger partial charge is 0.239 e. The van der Waals surface area contributed by atoms with Gasteiger partial charge in [0.15, 0.2) is 0 Å². The normalized spacial score (nSPS) is 17.0. The van der Waals surface area contributed by atoms with Crippen LogP contribution in [0.2, 0.25) is 0 Å². The van der Waals surface area contributed by atoms with Crippen molar-refractivity contribution in [2.75, 3.05) is 31.3 Å². The fraction of sp³-hybridized carbons (Fsp3) is 0.615. The lowest BCUT2D eigenvalue weighted by Crippen LogP contribution is -2.45. The predicted molar refractivity (Wildman–Crippen MR) is 71.9 cm³/mol. The molecule has 100 valence electrons. The van der Waals surface area contributed by atoms with E-state index in [1.54, 1.807) is 13.2 Å². The molecular formula is C13H21N3O2. The molecule has 0 saturated heterocycles. The molecule has 0 aromatic carbocycles. The van der Waals surface area contributed by atoms with Crippen LogP contribution in [0.15, 0.2) is 12.1 Å². The largest absolute Gasteiger partial charge is 0.476 e. The zero-order chi connectivity index (χ0) is 13.0. The molecule has 18 heavy (non-hydrogen) atoms. The number of aromatic nitrogens is 1. The molecular weight excluding hydrogens is 230 g/mol. The average Bonchev–Trinajstić information content (AvgIpc) is 2.32. The van der Waals surface area contributed by atoms with E-state index in [4.69, 9.17) is 15.2 Å². The minimum atomic E-state index is -0.0190. The maximum absolute atomic E-state index is 5.78. The Balaban J connectivity index is 1.98. The fourth-order valence-electron chi connectivity index (χ4n) is 2.08. The number of nitrogens with two attached hydrogens (primary N) is 1. The minimum Gasteiger partial charge on any atom is -0.476 e. The molecule has 1 aromatic heterocycles. The van der Waals surface area contributed by atoms with Gasteiger partial charge in [-0.15, -0.1) is 0 Å². The molecule has 0 amide bonds. The molecule has 1 saturated carbocycles. The topological polar surface area (TPSA) is 69.4 Å². The van der Waals surface area contributed by atoms with Crippen molar-refractivity contribution in [1.29, 1.82) is 0 Å². The van der Waals surface area contributed by atoms with E-state index < -0.39 is 0 Å². The summed E-state index contributed by atoms with van der Waals surface area (Å²) in [5.41, 5.74) is 6.32. The van der Waals surface area contributed by atoms with Gasteiger partial charge in [0.05, 0.1) is 17.9 Å². The third-order valence-corrected chi connectivity index (χ3v) is 3.46. The lowest BCUT2D eigenvalue weighted by molar-refractivity contribution is -0.0601. The van der Waals surface area contributed by atoms with E-state index in [0.29, 0.717) is 18.2 Å². The zero-order valence-electron chi connectivity index (χ0n) is 11.0. The van der Waals surface area contributed by atoms with Crippen molar-refractivity contribution in [1.82, 2.24) is 4.98 Å². The summed E-state index contributed by atoms with van der Waals surface area (Å²) in [4.78, 5) is 4.34. The summed E-state index contributed by atoms with van der Waals surface area (Å²) < 4.78 is 10.9. The number of pyridine rings is 1. The van der Waals surface area contributed by atoms with E-state index in [9.17, 15) is 0 Å². The molecule has 1 aliphatic rings. The minimum absolute atomic E-state index is 0.0190. The molecule has 0 bridgehead atoms. The number of anilines is 2. The second kappa shape index (κ2) is 5.44. The van der Waals surface area contributed by atoms with E-state index >= 15 is 0 Å². The molecule has 0 aliphatic heterocycles. The van der Waals surface area contributed by atoms with E-state index in [2.05, 4.69) is 10.3 Å². The number of rotatable bonds is 6. The molecule has 3 N–H and O–H groups in total. The molecule has 5 heteroatoms. The van der Waals surface area contributed by atoms with Gasteiger partial charge in [-0.1, -0.05) is 0 Å². The van der Waals surface area contributed by atoms with E-state index in [1.807, 2.05) is 13.0 Å². The molecule has 0 unspecified atom stereocenters. The Morgan fingerprint density at radius 1 is 1.44 bits per heavy atom. The van der Waals surface area contributed by atoms with Gasteiger partial charge in [0, 0.05) is 13.7 Å². The number of methoxy groups -OCH3 is 1. The van der Waals surface area contributed by atoms with Crippen LogP contribution in [0, 0.1) is 0 Å². The van der Waals surface area contributed by atoms with Crippen LogP contribution in [-0.2, 0) is 4.74 Å². The summed E-state index contributed by atoms with van der Waals surface area (Å²) in [5.74, 6) is 1.26. The van der Waals surface area contributed by atoms with Gasteiger partial charge < -0.3 is 20.5 Å². The first-order valence-corrected chi connectivity index (χ1v) is 6.37. The van der Waals surface area contributed by atoms with Gasteiger partial charge in [0.1, 0.15) is 5.82 Å². The number of ether oxygens (including phenoxy) is 2. The molecule has 0 atom stereocenters. The van der Waals surface area contributed by atoms with Gasteiger partial charge in [-0.2, -0.15) is 4.98 Å². The highest BCUT2D eigenvalue weighted by atomic mass is 16.5. The Kier molecular flexibility index (Phi) is 3.91. The Labute approximate surface area is 108 Å². The lowest BCUT2D eigenvalue weighted by atomic mass is 9.80. The number of nitrogen functional groups attached to an aromatic ring is 1. The predicted octanol–water partition coefficient (Wildman–Crippen LogP) is 2.04. The van der Waals surface area contributed by atoms with Gasteiger partial charge >= 0.3 is 0 Å². The number of nitrogens with one attached hydrogen (secondary N) is 1. The molecule has 0 spiro atoms. The first-order chi connectivity index (χ1) is 8.69. The summed E-state index contributed by atoms with van der Waals surface area (Å²) >= 11 is 0. The van der Waals surface area contributed by atoms with Crippen molar-refractivity contribution >= 4 is 11.5 Å². The molecule has 2 rings (SSSR count). The summed E-state index contributed by atoms with van der Waals surface area (Å²) in [7, 11) is 1.77. The Morgan fingerprint density at radius 3 is 2.78 bits per heavy atom. The highest BCUT2D eigenvalue weighted by molar-refractivity contribution is 5.53. The fourth-order valence-corrected chi connectivity index (χ4v) is 2.08. The van der Waals surface area contributed by atoms with Gasteiger partial charge in [-0.05, 0) is 38.3 Å². The van der Waals surface area contributed by atoms with Crippen molar-refractivity contribution in [2.45, 2.75) is 31.8 Å². The van der Waals surface area contributed by atoms with Crippen LogP contribution < -0.4 is 15.8 Å². The highest BCUT2D eigenvalue weighted by Crippen LogP contribution is 2.35. The third-order valence-electron chi connectivity index (χ3n) is 3.46. The standard InChI is InChI=1S/C13H21N3O2/c1-3-18-12-10(14)5-6-11(16-12)15-9-13(17-2)7-4-8-13/h5-6H,3-4,7-9,14H2,1-2H3,(H,15,16). The SMILES string of the molecule is CCOc1nc(NCC2(OC)CCC2)ccc1N. The van der Waals surface area contributed by atoms with Crippen LogP contribution in [0.3, 0.4) is 0 Å². The molecule has 1 fully saturated rings. The number of nitrogens with zero attached hydrogens (tertiary/aromatic N) is 1. The number of hydrogen-bond donors (Lipinski definition) is 2. The van der Waals surface area contributed by atoms with Gasteiger partial charge in [0.25, 0.3) is 0 Å². The lowest BCUT2D eigenvalue weighted by Gasteiger charge is -2.40. The zero-order valence-corrected chi connectivity index (χ0v) is 11.0. The van der Waals surface area contributed by atoms with Crippen LogP contribution in [0.5, 0.6) is 5.88 Å². The monoisotopic (exact) mass is 251 g/mol. The van der Waals surface area contributed by atoms with Gasteiger partial charge in [-0.3, -0.25) is 0 Å². The molecule has 5 nitrogen and oxygen atoms in total. The van der Waals surface area contributed by atoms with Crippen LogP contribution >= 0.6 is 0 Å². The molecule has 1 heterocycles. The van der Waals surface area contributed by atoms with E-state index in [1.165, 1.54) is 6.42 Å². The molecule has 1 aliphatic carbocycles. The average molecular weight is 251 g/mol. The first-order valence-electron chi connectivity index (χ1n) is 6.37. The molecule has 1 aromatic rings. The van der Waals surface area contributed by atoms with E-state index in [0.717, 1.165) is 25.2 Å². The van der Waals surface area contributed by atoms with Crippen LogP contribution in [0.25, 0.3) is 0 Å². The van der Waals surface area contributed by atoms with Gasteiger partial charge in [0.2, 0.25) is 5.88 Å². The van der Waals surface area contributed by atoms with Crippen molar-refractivity contribution < 1.29 is 9.47 Å². The second-order valence-electron chi connectivity index (χ2n) is 4.62. The Hall–Kier alpha value is -1.49. The van der Waals surface area contributed by atoms with Crippen molar-refractivity contribution in [2.24, 2.45) is 0 Å². The van der Waals surface area contributed by atoms with Crippen LogP contribution in [-0.4, -0.2) is 30.8 Å².